The molecule has 5 nitrogen and oxygen atoms in total. The number of carbonyl (C=O) groups is 1. The largest absolute Gasteiger partial charge is 0.339 e. The van der Waals surface area contributed by atoms with Crippen molar-refractivity contribution in [3.8, 4) is 0 Å². The molecule has 16 heavy (non-hydrogen) atoms. The second-order valence-corrected chi connectivity index (χ2v) is 6.36. The molecule has 0 aromatic heterocycles. The summed E-state index contributed by atoms with van der Waals surface area (Å²) in [4.78, 5) is 13.5. The number of sulfone groups is 1. The van der Waals surface area contributed by atoms with E-state index >= 15 is 0 Å². The lowest BCUT2D eigenvalue weighted by atomic mass is 10.2. The summed E-state index contributed by atoms with van der Waals surface area (Å²) in [5.74, 6) is 0.350. The predicted molar refractivity (Wildman–Crippen MR) is 62.7 cm³/mol. The van der Waals surface area contributed by atoms with E-state index in [1.807, 2.05) is 6.92 Å². The van der Waals surface area contributed by atoms with Gasteiger partial charge in [-0.1, -0.05) is 0 Å². The van der Waals surface area contributed by atoms with Gasteiger partial charge in [-0.25, -0.2) is 8.42 Å². The molecule has 0 bridgehead atoms. The van der Waals surface area contributed by atoms with Crippen LogP contribution >= 0.6 is 0 Å². The Labute approximate surface area is 96.9 Å². The number of amides is 1. The van der Waals surface area contributed by atoms with Crippen LogP contribution in [0.1, 0.15) is 26.2 Å². The number of rotatable bonds is 5. The Morgan fingerprint density at radius 3 is 2.62 bits per heavy atom. The van der Waals surface area contributed by atoms with Crippen LogP contribution in [-0.2, 0) is 14.6 Å². The molecular weight excluding hydrogens is 228 g/mol. The van der Waals surface area contributed by atoms with Gasteiger partial charge >= 0.3 is 0 Å². The van der Waals surface area contributed by atoms with E-state index in [9.17, 15) is 13.2 Å². The Hall–Kier alpha value is -0.620. The highest BCUT2D eigenvalue weighted by atomic mass is 32.2. The SMILES string of the molecule is CCN(C(=O)CCCN)C1CCS(=O)(=O)C1. The van der Waals surface area contributed by atoms with Crippen LogP contribution in [0.15, 0.2) is 0 Å². The lowest BCUT2D eigenvalue weighted by Crippen LogP contribution is -2.41. The van der Waals surface area contributed by atoms with Crippen molar-refractivity contribution in [2.45, 2.75) is 32.2 Å². The van der Waals surface area contributed by atoms with Gasteiger partial charge in [0.05, 0.1) is 11.5 Å². The van der Waals surface area contributed by atoms with E-state index in [2.05, 4.69) is 0 Å². The van der Waals surface area contributed by atoms with Crippen molar-refractivity contribution in [1.29, 1.82) is 0 Å². The first-order valence-corrected chi connectivity index (χ1v) is 7.52. The summed E-state index contributed by atoms with van der Waals surface area (Å²) in [5.41, 5.74) is 5.35. The molecule has 1 rings (SSSR count). The van der Waals surface area contributed by atoms with Crippen LogP contribution in [0.3, 0.4) is 0 Å². The first-order valence-electron chi connectivity index (χ1n) is 5.70. The van der Waals surface area contributed by atoms with Gasteiger partial charge in [-0.2, -0.15) is 0 Å². The Balaban J connectivity index is 2.58. The van der Waals surface area contributed by atoms with Gasteiger partial charge < -0.3 is 10.6 Å². The Kier molecular flexibility index (Phi) is 4.73. The average Bonchev–Trinajstić information content (AvgIpc) is 2.57. The smallest absolute Gasteiger partial charge is 0.222 e. The molecule has 1 saturated heterocycles. The first-order chi connectivity index (χ1) is 7.50. The van der Waals surface area contributed by atoms with E-state index in [0.29, 0.717) is 32.4 Å². The molecule has 0 aliphatic carbocycles. The number of hydrogen-bond donors (Lipinski definition) is 1. The van der Waals surface area contributed by atoms with E-state index in [1.165, 1.54) is 0 Å². The van der Waals surface area contributed by atoms with Crippen molar-refractivity contribution in [2.24, 2.45) is 5.73 Å². The highest BCUT2D eigenvalue weighted by Crippen LogP contribution is 2.18. The van der Waals surface area contributed by atoms with Crippen LogP contribution in [0.2, 0.25) is 0 Å². The fourth-order valence-corrected chi connectivity index (χ4v) is 3.79. The number of hydrogen-bond acceptors (Lipinski definition) is 4. The van der Waals surface area contributed by atoms with Crippen molar-refractivity contribution in [2.75, 3.05) is 24.6 Å². The predicted octanol–water partition coefficient (Wildman–Crippen LogP) is -0.239. The van der Waals surface area contributed by atoms with Gasteiger partial charge in [0.2, 0.25) is 5.91 Å². The summed E-state index contributed by atoms with van der Waals surface area (Å²) < 4.78 is 22.7. The second-order valence-electron chi connectivity index (χ2n) is 4.13. The molecule has 0 saturated carbocycles. The third kappa shape index (κ3) is 3.45. The summed E-state index contributed by atoms with van der Waals surface area (Å²) in [5, 5.41) is 0. The Morgan fingerprint density at radius 1 is 1.50 bits per heavy atom. The minimum absolute atomic E-state index is 0.0232. The Morgan fingerprint density at radius 2 is 2.19 bits per heavy atom. The molecule has 2 N–H and O–H groups in total. The molecule has 0 aromatic rings. The molecule has 1 amide bonds. The van der Waals surface area contributed by atoms with E-state index in [4.69, 9.17) is 5.73 Å². The zero-order chi connectivity index (χ0) is 12.2. The van der Waals surface area contributed by atoms with Gasteiger partial charge in [0.1, 0.15) is 0 Å². The minimum atomic E-state index is -2.92. The summed E-state index contributed by atoms with van der Waals surface area (Å²) in [6.07, 6.45) is 1.65. The molecule has 1 aliphatic heterocycles. The van der Waals surface area contributed by atoms with Gasteiger partial charge in [0.15, 0.2) is 9.84 Å². The Bertz CT molecular complexity index is 340. The lowest BCUT2D eigenvalue weighted by molar-refractivity contribution is -0.132. The van der Waals surface area contributed by atoms with Crippen LogP contribution in [0, 0.1) is 0 Å². The summed E-state index contributed by atoms with van der Waals surface area (Å²) in [6.45, 7) is 2.95. The third-order valence-corrected chi connectivity index (χ3v) is 4.66. The maximum atomic E-state index is 11.8. The summed E-state index contributed by atoms with van der Waals surface area (Å²) in [6, 6.07) is -0.125. The normalized spacial score (nSPS) is 23.2. The van der Waals surface area contributed by atoms with Crippen LogP contribution in [0.5, 0.6) is 0 Å². The van der Waals surface area contributed by atoms with Crippen LogP contribution in [0.25, 0.3) is 0 Å². The number of nitrogens with two attached hydrogens (primary N) is 1. The fourth-order valence-electron chi connectivity index (χ4n) is 2.06. The molecule has 1 unspecified atom stereocenters. The van der Waals surface area contributed by atoms with Gasteiger partial charge in [-0.05, 0) is 26.3 Å². The zero-order valence-corrected chi connectivity index (χ0v) is 10.5. The molecule has 1 aliphatic rings. The van der Waals surface area contributed by atoms with Gasteiger partial charge in [0.25, 0.3) is 0 Å². The highest BCUT2D eigenvalue weighted by molar-refractivity contribution is 7.91. The van der Waals surface area contributed by atoms with Crippen LogP contribution < -0.4 is 5.73 Å². The van der Waals surface area contributed by atoms with Crippen LogP contribution in [-0.4, -0.2) is 49.9 Å². The molecule has 1 heterocycles. The van der Waals surface area contributed by atoms with Gasteiger partial charge in [-0.3, -0.25) is 4.79 Å². The highest BCUT2D eigenvalue weighted by Gasteiger charge is 2.33. The zero-order valence-electron chi connectivity index (χ0n) is 9.68. The fraction of sp³-hybridized carbons (Fsp3) is 0.900. The average molecular weight is 248 g/mol. The minimum Gasteiger partial charge on any atom is -0.339 e. The summed E-state index contributed by atoms with van der Waals surface area (Å²) in [7, 11) is -2.92. The van der Waals surface area contributed by atoms with Crippen molar-refractivity contribution in [3.63, 3.8) is 0 Å². The topological polar surface area (TPSA) is 80.5 Å². The molecular formula is C10H20N2O3S. The molecule has 0 spiro atoms. The quantitative estimate of drug-likeness (QED) is 0.728. The standard InChI is InChI=1S/C10H20N2O3S/c1-2-12(10(13)4-3-6-11)9-5-7-16(14,15)8-9/h9H,2-8,11H2,1H3. The molecule has 1 fully saturated rings. The van der Waals surface area contributed by atoms with E-state index < -0.39 is 9.84 Å². The summed E-state index contributed by atoms with van der Waals surface area (Å²) >= 11 is 0. The first kappa shape index (κ1) is 13.4. The van der Waals surface area contributed by atoms with E-state index in [-0.39, 0.29) is 23.5 Å². The molecule has 6 heteroatoms. The van der Waals surface area contributed by atoms with Gasteiger partial charge in [-0.15, -0.1) is 0 Å². The number of carbonyl (C=O) groups excluding carboxylic acids is 1. The maximum Gasteiger partial charge on any atom is 0.222 e. The van der Waals surface area contributed by atoms with Crippen molar-refractivity contribution >= 4 is 15.7 Å². The van der Waals surface area contributed by atoms with E-state index in [0.717, 1.165) is 0 Å². The van der Waals surface area contributed by atoms with Crippen LogP contribution in [0.4, 0.5) is 0 Å². The van der Waals surface area contributed by atoms with Crippen molar-refractivity contribution in [3.05, 3.63) is 0 Å². The monoisotopic (exact) mass is 248 g/mol. The third-order valence-electron chi connectivity index (χ3n) is 2.90. The van der Waals surface area contributed by atoms with Crippen molar-refractivity contribution < 1.29 is 13.2 Å². The molecule has 0 aromatic carbocycles. The number of nitrogens with zero attached hydrogens (tertiary/aromatic N) is 1. The second kappa shape index (κ2) is 5.63. The lowest BCUT2D eigenvalue weighted by Gasteiger charge is -2.26. The van der Waals surface area contributed by atoms with Gasteiger partial charge in [0, 0.05) is 19.0 Å². The van der Waals surface area contributed by atoms with Crippen molar-refractivity contribution in [1.82, 2.24) is 4.90 Å². The molecule has 0 radical (unpaired) electrons. The maximum absolute atomic E-state index is 11.8. The molecule has 1 atom stereocenters. The van der Waals surface area contributed by atoms with E-state index in [1.54, 1.807) is 4.90 Å². The molecule has 94 valence electrons.